The first-order chi connectivity index (χ1) is 5.86. The molecule has 0 bridgehead atoms. The van der Waals surface area contributed by atoms with Gasteiger partial charge in [0, 0.05) is 19.5 Å². The van der Waals surface area contributed by atoms with Gasteiger partial charge in [0.25, 0.3) is 0 Å². The normalized spacial score (nSPS) is 25.2. The number of rotatable bonds is 3. The Kier molecular flexibility index (Phi) is 4.13. The lowest BCUT2D eigenvalue weighted by molar-refractivity contribution is 0.182. The van der Waals surface area contributed by atoms with Crippen molar-refractivity contribution in [3.8, 4) is 12.3 Å². The Morgan fingerprint density at radius 1 is 1.58 bits per heavy atom. The highest BCUT2D eigenvalue weighted by Crippen LogP contribution is 2.14. The van der Waals surface area contributed by atoms with Crippen molar-refractivity contribution in [1.29, 1.82) is 0 Å². The van der Waals surface area contributed by atoms with Crippen LogP contribution in [0.25, 0.3) is 0 Å². The zero-order chi connectivity index (χ0) is 8.81. The SMILES string of the molecule is C#CCCN1CCCC(CN)C1. The summed E-state index contributed by atoms with van der Waals surface area (Å²) in [5.74, 6) is 3.38. The van der Waals surface area contributed by atoms with E-state index in [-0.39, 0.29) is 0 Å². The number of likely N-dealkylation sites (tertiary alicyclic amines) is 1. The van der Waals surface area contributed by atoms with Crippen LogP contribution in [0.15, 0.2) is 0 Å². The molecule has 1 unspecified atom stereocenters. The Morgan fingerprint density at radius 2 is 2.42 bits per heavy atom. The number of hydrogen-bond donors (Lipinski definition) is 1. The van der Waals surface area contributed by atoms with Crippen LogP contribution in [0.3, 0.4) is 0 Å². The van der Waals surface area contributed by atoms with Crippen LogP contribution in [0.2, 0.25) is 0 Å². The minimum Gasteiger partial charge on any atom is -0.330 e. The first-order valence-corrected chi connectivity index (χ1v) is 4.72. The maximum Gasteiger partial charge on any atom is 0.0214 e. The number of piperidine rings is 1. The van der Waals surface area contributed by atoms with E-state index in [2.05, 4.69) is 10.8 Å². The lowest BCUT2D eigenvalue weighted by Gasteiger charge is -2.31. The van der Waals surface area contributed by atoms with Crippen LogP contribution in [0.5, 0.6) is 0 Å². The Bertz CT molecular complexity index is 160. The summed E-state index contributed by atoms with van der Waals surface area (Å²) in [5.41, 5.74) is 5.63. The molecule has 1 atom stereocenters. The van der Waals surface area contributed by atoms with Crippen LogP contribution in [0.4, 0.5) is 0 Å². The second-order valence-electron chi connectivity index (χ2n) is 3.50. The predicted molar refractivity (Wildman–Crippen MR) is 51.7 cm³/mol. The smallest absolute Gasteiger partial charge is 0.0214 e. The molecule has 2 nitrogen and oxygen atoms in total. The van der Waals surface area contributed by atoms with Gasteiger partial charge in [0.05, 0.1) is 0 Å². The minimum absolute atomic E-state index is 0.705. The minimum atomic E-state index is 0.705. The van der Waals surface area contributed by atoms with E-state index < -0.39 is 0 Å². The molecule has 68 valence electrons. The number of nitrogens with two attached hydrogens (primary N) is 1. The van der Waals surface area contributed by atoms with Gasteiger partial charge in [-0.25, -0.2) is 0 Å². The van der Waals surface area contributed by atoms with Crippen LogP contribution in [0.1, 0.15) is 19.3 Å². The maximum absolute atomic E-state index is 5.63. The second kappa shape index (κ2) is 5.18. The molecule has 12 heavy (non-hydrogen) atoms. The van der Waals surface area contributed by atoms with Gasteiger partial charge in [0.1, 0.15) is 0 Å². The molecule has 2 N–H and O–H groups in total. The topological polar surface area (TPSA) is 29.3 Å². The highest BCUT2D eigenvalue weighted by Gasteiger charge is 2.17. The van der Waals surface area contributed by atoms with E-state index in [1.807, 2.05) is 0 Å². The molecule has 0 aromatic heterocycles. The summed E-state index contributed by atoms with van der Waals surface area (Å²) < 4.78 is 0. The molecule has 0 spiro atoms. The van der Waals surface area contributed by atoms with Crippen molar-refractivity contribution in [3.05, 3.63) is 0 Å². The molecule has 1 fully saturated rings. The van der Waals surface area contributed by atoms with E-state index in [0.29, 0.717) is 5.92 Å². The number of hydrogen-bond acceptors (Lipinski definition) is 2. The van der Waals surface area contributed by atoms with Gasteiger partial charge in [-0.15, -0.1) is 12.3 Å². The van der Waals surface area contributed by atoms with Gasteiger partial charge >= 0.3 is 0 Å². The van der Waals surface area contributed by atoms with E-state index >= 15 is 0 Å². The van der Waals surface area contributed by atoms with Crippen LogP contribution in [0, 0.1) is 18.3 Å². The van der Waals surface area contributed by atoms with Gasteiger partial charge in [-0.1, -0.05) is 0 Å². The van der Waals surface area contributed by atoms with Crippen molar-refractivity contribution in [2.75, 3.05) is 26.2 Å². The molecule has 0 aliphatic carbocycles. The van der Waals surface area contributed by atoms with E-state index in [0.717, 1.165) is 26.1 Å². The first kappa shape index (κ1) is 9.57. The Labute approximate surface area is 75.1 Å². The summed E-state index contributed by atoms with van der Waals surface area (Å²) in [6.07, 6.45) is 8.66. The fraction of sp³-hybridized carbons (Fsp3) is 0.800. The average Bonchev–Trinajstić information content (AvgIpc) is 2.15. The Morgan fingerprint density at radius 3 is 3.08 bits per heavy atom. The van der Waals surface area contributed by atoms with Gasteiger partial charge in [0.15, 0.2) is 0 Å². The van der Waals surface area contributed by atoms with Gasteiger partial charge in [-0.05, 0) is 31.8 Å². The van der Waals surface area contributed by atoms with E-state index in [4.69, 9.17) is 12.2 Å². The standard InChI is InChI=1S/C10H18N2/c1-2-3-6-12-7-4-5-10(8-11)9-12/h1,10H,3-9,11H2. The third kappa shape index (κ3) is 2.84. The summed E-state index contributed by atoms with van der Waals surface area (Å²) in [6.45, 7) is 4.23. The summed E-state index contributed by atoms with van der Waals surface area (Å²) in [6, 6.07) is 0. The van der Waals surface area contributed by atoms with Crippen LogP contribution in [-0.2, 0) is 0 Å². The largest absolute Gasteiger partial charge is 0.330 e. The zero-order valence-corrected chi connectivity index (χ0v) is 7.63. The third-order valence-electron chi connectivity index (χ3n) is 2.51. The molecule has 0 aromatic carbocycles. The van der Waals surface area contributed by atoms with Crippen molar-refractivity contribution in [1.82, 2.24) is 4.90 Å². The summed E-state index contributed by atoms with van der Waals surface area (Å²) in [5, 5.41) is 0. The third-order valence-corrected chi connectivity index (χ3v) is 2.51. The van der Waals surface area contributed by atoms with Crippen molar-refractivity contribution >= 4 is 0 Å². The molecular weight excluding hydrogens is 148 g/mol. The van der Waals surface area contributed by atoms with Crippen molar-refractivity contribution < 1.29 is 0 Å². The summed E-state index contributed by atoms with van der Waals surface area (Å²) >= 11 is 0. The Balaban J connectivity index is 2.22. The van der Waals surface area contributed by atoms with E-state index in [1.165, 1.54) is 19.4 Å². The van der Waals surface area contributed by atoms with Gasteiger partial charge in [-0.3, -0.25) is 0 Å². The first-order valence-electron chi connectivity index (χ1n) is 4.72. The van der Waals surface area contributed by atoms with Crippen molar-refractivity contribution in [2.24, 2.45) is 11.7 Å². The van der Waals surface area contributed by atoms with Gasteiger partial charge in [0.2, 0.25) is 0 Å². The number of nitrogens with zero attached hydrogens (tertiary/aromatic N) is 1. The highest BCUT2D eigenvalue weighted by atomic mass is 15.1. The molecule has 1 aliphatic rings. The molecule has 0 amide bonds. The molecule has 1 saturated heterocycles. The molecule has 0 saturated carbocycles. The van der Waals surface area contributed by atoms with E-state index in [9.17, 15) is 0 Å². The molecule has 0 radical (unpaired) electrons. The molecule has 1 heterocycles. The van der Waals surface area contributed by atoms with Gasteiger partial charge < -0.3 is 10.6 Å². The molecular formula is C10H18N2. The van der Waals surface area contributed by atoms with Gasteiger partial charge in [-0.2, -0.15) is 0 Å². The highest BCUT2D eigenvalue weighted by molar-refractivity contribution is 4.85. The van der Waals surface area contributed by atoms with Crippen molar-refractivity contribution in [3.63, 3.8) is 0 Å². The summed E-state index contributed by atoms with van der Waals surface area (Å²) in [7, 11) is 0. The average molecular weight is 166 g/mol. The lowest BCUT2D eigenvalue weighted by atomic mass is 9.98. The lowest BCUT2D eigenvalue weighted by Crippen LogP contribution is -2.38. The quantitative estimate of drug-likeness (QED) is 0.625. The van der Waals surface area contributed by atoms with Crippen molar-refractivity contribution in [2.45, 2.75) is 19.3 Å². The Hall–Kier alpha value is -0.520. The molecule has 1 rings (SSSR count). The monoisotopic (exact) mass is 166 g/mol. The zero-order valence-electron chi connectivity index (χ0n) is 7.63. The predicted octanol–water partition coefficient (Wildman–Crippen LogP) is 0.680. The van der Waals surface area contributed by atoms with E-state index in [1.54, 1.807) is 0 Å². The second-order valence-corrected chi connectivity index (χ2v) is 3.50. The molecule has 0 aromatic rings. The maximum atomic E-state index is 5.63. The van der Waals surface area contributed by atoms with Crippen LogP contribution in [-0.4, -0.2) is 31.1 Å². The molecule has 2 heteroatoms. The fourth-order valence-electron chi connectivity index (χ4n) is 1.77. The fourth-order valence-corrected chi connectivity index (χ4v) is 1.77. The van der Waals surface area contributed by atoms with Crippen LogP contribution >= 0.6 is 0 Å². The molecule has 1 aliphatic heterocycles. The summed E-state index contributed by atoms with van der Waals surface area (Å²) in [4.78, 5) is 2.43. The van der Waals surface area contributed by atoms with Crippen LogP contribution < -0.4 is 5.73 Å². The number of terminal acetylenes is 1.